The number of carbonyl (C=O) groups is 1. The van der Waals surface area contributed by atoms with Crippen LogP contribution < -0.4 is 0 Å². The second-order valence-corrected chi connectivity index (χ2v) is 4.74. The molecule has 0 aromatic heterocycles. The van der Waals surface area contributed by atoms with E-state index < -0.39 is 0 Å². The van der Waals surface area contributed by atoms with Crippen molar-refractivity contribution in [2.75, 3.05) is 13.2 Å². The minimum Gasteiger partial charge on any atom is -0.394 e. The van der Waals surface area contributed by atoms with Crippen molar-refractivity contribution < 1.29 is 9.90 Å². The topological polar surface area (TPSA) is 40.5 Å². The molecule has 1 aromatic carbocycles. The van der Waals surface area contributed by atoms with Crippen molar-refractivity contribution in [3.8, 4) is 0 Å². The molecule has 17 heavy (non-hydrogen) atoms. The number of likely N-dealkylation sites (tertiary alicyclic amines) is 1. The molecule has 1 aliphatic rings. The Kier molecular flexibility index (Phi) is 3.48. The van der Waals surface area contributed by atoms with Crippen LogP contribution in [0.15, 0.2) is 18.2 Å². The summed E-state index contributed by atoms with van der Waals surface area (Å²) < 4.78 is 0. The van der Waals surface area contributed by atoms with Crippen LogP contribution >= 0.6 is 0 Å². The SMILES string of the molecule is Cc1cccc(C)c1C(=O)N1CCC[C@H]1CO. The van der Waals surface area contributed by atoms with Gasteiger partial charge in [0.05, 0.1) is 12.6 Å². The number of carbonyl (C=O) groups excluding carboxylic acids is 1. The standard InChI is InChI=1S/C14H19NO2/c1-10-5-3-6-11(2)13(10)14(17)15-8-4-7-12(15)9-16/h3,5-6,12,16H,4,7-9H2,1-2H3/t12-/m0/s1. The number of aliphatic hydroxyl groups is 1. The molecule has 1 amide bonds. The summed E-state index contributed by atoms with van der Waals surface area (Å²) in [5.41, 5.74) is 2.82. The summed E-state index contributed by atoms with van der Waals surface area (Å²) in [5, 5.41) is 9.28. The van der Waals surface area contributed by atoms with E-state index in [0.29, 0.717) is 0 Å². The van der Waals surface area contributed by atoms with Gasteiger partial charge < -0.3 is 10.0 Å². The third-order valence-electron chi connectivity index (χ3n) is 3.54. The molecule has 1 N–H and O–H groups in total. The number of nitrogens with zero attached hydrogens (tertiary/aromatic N) is 1. The Morgan fingerprint density at radius 1 is 1.41 bits per heavy atom. The Labute approximate surface area is 102 Å². The third kappa shape index (κ3) is 2.20. The van der Waals surface area contributed by atoms with Crippen LogP contribution in [0, 0.1) is 13.8 Å². The molecule has 1 aliphatic heterocycles. The highest BCUT2D eigenvalue weighted by Crippen LogP contribution is 2.23. The van der Waals surface area contributed by atoms with Crippen LogP contribution in [0.4, 0.5) is 0 Å². The molecular weight excluding hydrogens is 214 g/mol. The molecule has 0 radical (unpaired) electrons. The molecule has 92 valence electrons. The predicted octanol–water partition coefficient (Wildman–Crippen LogP) is 1.90. The highest BCUT2D eigenvalue weighted by Gasteiger charge is 2.29. The molecule has 3 heteroatoms. The first-order valence-electron chi connectivity index (χ1n) is 6.13. The quantitative estimate of drug-likeness (QED) is 0.847. The van der Waals surface area contributed by atoms with Gasteiger partial charge in [-0.3, -0.25) is 4.79 Å². The maximum atomic E-state index is 12.5. The zero-order chi connectivity index (χ0) is 12.4. The fraction of sp³-hybridized carbons (Fsp3) is 0.500. The van der Waals surface area contributed by atoms with E-state index >= 15 is 0 Å². The van der Waals surface area contributed by atoms with Crippen molar-refractivity contribution in [2.24, 2.45) is 0 Å². The molecule has 1 fully saturated rings. The van der Waals surface area contributed by atoms with Crippen LogP contribution in [0.3, 0.4) is 0 Å². The second-order valence-electron chi connectivity index (χ2n) is 4.74. The van der Waals surface area contributed by atoms with Gasteiger partial charge in [0.15, 0.2) is 0 Å². The first-order valence-corrected chi connectivity index (χ1v) is 6.13. The summed E-state index contributed by atoms with van der Waals surface area (Å²) in [6.45, 7) is 4.75. The van der Waals surface area contributed by atoms with Gasteiger partial charge in [0.2, 0.25) is 0 Å². The molecule has 1 aromatic rings. The Morgan fingerprint density at radius 2 is 2.06 bits per heavy atom. The zero-order valence-electron chi connectivity index (χ0n) is 10.4. The van der Waals surface area contributed by atoms with Gasteiger partial charge in [-0.05, 0) is 37.8 Å². The van der Waals surface area contributed by atoms with Gasteiger partial charge in [-0.2, -0.15) is 0 Å². The molecule has 1 saturated heterocycles. The van der Waals surface area contributed by atoms with E-state index in [1.807, 2.05) is 36.9 Å². The number of rotatable bonds is 2. The average molecular weight is 233 g/mol. The number of benzene rings is 1. The van der Waals surface area contributed by atoms with Crippen molar-refractivity contribution in [1.29, 1.82) is 0 Å². The van der Waals surface area contributed by atoms with Gasteiger partial charge >= 0.3 is 0 Å². The Morgan fingerprint density at radius 3 is 2.65 bits per heavy atom. The van der Waals surface area contributed by atoms with Gasteiger partial charge in [-0.1, -0.05) is 18.2 Å². The summed E-state index contributed by atoms with van der Waals surface area (Å²) in [6.07, 6.45) is 1.90. The van der Waals surface area contributed by atoms with Gasteiger partial charge in [-0.15, -0.1) is 0 Å². The lowest BCUT2D eigenvalue weighted by Gasteiger charge is -2.24. The Bertz CT molecular complexity index is 408. The van der Waals surface area contributed by atoms with E-state index in [9.17, 15) is 9.90 Å². The largest absolute Gasteiger partial charge is 0.394 e. The lowest BCUT2D eigenvalue weighted by molar-refractivity contribution is 0.0676. The molecular formula is C14H19NO2. The average Bonchev–Trinajstić information content (AvgIpc) is 2.76. The molecule has 1 atom stereocenters. The van der Waals surface area contributed by atoms with Crippen molar-refractivity contribution in [3.63, 3.8) is 0 Å². The number of hydrogen-bond acceptors (Lipinski definition) is 2. The molecule has 0 bridgehead atoms. The molecule has 1 heterocycles. The van der Waals surface area contributed by atoms with Crippen LogP contribution in [0.1, 0.15) is 34.3 Å². The van der Waals surface area contributed by atoms with E-state index in [1.165, 1.54) is 0 Å². The molecule has 0 unspecified atom stereocenters. The molecule has 0 saturated carbocycles. The van der Waals surface area contributed by atoms with Crippen LogP contribution in [-0.4, -0.2) is 35.1 Å². The van der Waals surface area contributed by atoms with Gasteiger partial charge in [0.25, 0.3) is 5.91 Å². The van der Waals surface area contributed by atoms with Gasteiger partial charge in [-0.25, -0.2) is 0 Å². The van der Waals surface area contributed by atoms with E-state index in [2.05, 4.69) is 0 Å². The molecule has 3 nitrogen and oxygen atoms in total. The Balaban J connectivity index is 2.31. The number of amides is 1. The van der Waals surface area contributed by atoms with Crippen LogP contribution in [0.2, 0.25) is 0 Å². The molecule has 2 rings (SSSR count). The number of hydrogen-bond donors (Lipinski definition) is 1. The second kappa shape index (κ2) is 4.88. The summed E-state index contributed by atoms with van der Waals surface area (Å²) in [7, 11) is 0. The van der Waals surface area contributed by atoms with E-state index in [1.54, 1.807) is 0 Å². The maximum Gasteiger partial charge on any atom is 0.254 e. The molecule has 0 spiro atoms. The van der Waals surface area contributed by atoms with E-state index in [0.717, 1.165) is 36.1 Å². The third-order valence-corrected chi connectivity index (χ3v) is 3.54. The minimum atomic E-state index is 0.00139. The first kappa shape index (κ1) is 12.1. The predicted molar refractivity (Wildman–Crippen MR) is 67.1 cm³/mol. The van der Waals surface area contributed by atoms with Crippen LogP contribution in [0.25, 0.3) is 0 Å². The monoisotopic (exact) mass is 233 g/mol. The van der Waals surface area contributed by atoms with Gasteiger partial charge in [0.1, 0.15) is 0 Å². The fourth-order valence-corrected chi connectivity index (χ4v) is 2.59. The van der Waals surface area contributed by atoms with Crippen molar-refractivity contribution in [1.82, 2.24) is 4.90 Å². The fourth-order valence-electron chi connectivity index (χ4n) is 2.59. The van der Waals surface area contributed by atoms with Crippen molar-refractivity contribution >= 4 is 5.91 Å². The number of aryl methyl sites for hydroxylation is 2. The maximum absolute atomic E-state index is 12.5. The van der Waals surface area contributed by atoms with Gasteiger partial charge in [0, 0.05) is 12.1 Å². The van der Waals surface area contributed by atoms with Crippen LogP contribution in [0.5, 0.6) is 0 Å². The smallest absolute Gasteiger partial charge is 0.254 e. The zero-order valence-corrected chi connectivity index (χ0v) is 10.4. The highest BCUT2D eigenvalue weighted by atomic mass is 16.3. The first-order chi connectivity index (χ1) is 8.15. The number of aliphatic hydroxyl groups excluding tert-OH is 1. The summed E-state index contributed by atoms with van der Waals surface area (Å²) >= 11 is 0. The summed E-state index contributed by atoms with van der Waals surface area (Å²) in [6, 6.07) is 5.89. The van der Waals surface area contributed by atoms with Crippen molar-refractivity contribution in [3.05, 3.63) is 34.9 Å². The summed E-state index contributed by atoms with van der Waals surface area (Å²) in [4.78, 5) is 14.3. The molecule has 0 aliphatic carbocycles. The van der Waals surface area contributed by atoms with E-state index in [-0.39, 0.29) is 18.6 Å². The lowest BCUT2D eigenvalue weighted by atomic mass is 10.0. The van der Waals surface area contributed by atoms with Crippen LogP contribution in [-0.2, 0) is 0 Å². The Hall–Kier alpha value is -1.35. The van der Waals surface area contributed by atoms with Crippen molar-refractivity contribution in [2.45, 2.75) is 32.7 Å². The highest BCUT2D eigenvalue weighted by molar-refractivity contribution is 5.97. The lowest BCUT2D eigenvalue weighted by Crippen LogP contribution is -2.38. The normalized spacial score (nSPS) is 19.7. The minimum absolute atomic E-state index is 0.00139. The summed E-state index contributed by atoms with van der Waals surface area (Å²) in [5.74, 6) is 0.0668. The van der Waals surface area contributed by atoms with E-state index in [4.69, 9.17) is 0 Å².